The minimum Gasteiger partial charge on any atom is -0.399 e. The topological polar surface area (TPSA) is 69.7 Å². The van der Waals surface area contributed by atoms with Crippen molar-refractivity contribution in [1.29, 1.82) is 0 Å². The summed E-state index contributed by atoms with van der Waals surface area (Å²) in [5.41, 5.74) is 8.71. The number of nitrogens with zero attached hydrogens (tertiary/aromatic N) is 1. The van der Waals surface area contributed by atoms with Crippen LogP contribution in [0.15, 0.2) is 18.2 Å². The van der Waals surface area contributed by atoms with Crippen molar-refractivity contribution < 1.29 is 10.2 Å². The number of nitrogens with two attached hydrogens (primary N) is 1. The van der Waals surface area contributed by atoms with Gasteiger partial charge in [-0.3, -0.25) is 0 Å². The van der Waals surface area contributed by atoms with Gasteiger partial charge in [-0.05, 0) is 30.2 Å². The average molecular weight is 224 g/mol. The summed E-state index contributed by atoms with van der Waals surface area (Å²) in [5.74, 6) is 0. The van der Waals surface area contributed by atoms with Crippen molar-refractivity contribution in [2.24, 2.45) is 0 Å². The second-order valence-corrected chi connectivity index (χ2v) is 3.67. The molecule has 4 heteroatoms. The first-order valence-corrected chi connectivity index (χ1v) is 5.58. The fraction of sp³-hybridized carbons (Fsp3) is 0.500. The molecule has 16 heavy (non-hydrogen) atoms. The molecule has 0 spiro atoms. The number of hydrogen-bond donors (Lipinski definition) is 3. The van der Waals surface area contributed by atoms with Gasteiger partial charge >= 0.3 is 0 Å². The lowest BCUT2D eigenvalue weighted by Crippen LogP contribution is -2.29. The molecule has 0 bridgehead atoms. The van der Waals surface area contributed by atoms with Gasteiger partial charge in [-0.1, -0.05) is 6.92 Å². The molecule has 1 rings (SSSR count). The Morgan fingerprint density at radius 3 is 2.31 bits per heavy atom. The number of hydrogen-bond acceptors (Lipinski definition) is 4. The molecule has 1 aromatic rings. The van der Waals surface area contributed by atoms with Crippen molar-refractivity contribution in [3.8, 4) is 0 Å². The van der Waals surface area contributed by atoms with E-state index < -0.39 is 0 Å². The minimum absolute atomic E-state index is 0.0752. The highest BCUT2D eigenvalue weighted by Crippen LogP contribution is 2.21. The third-order valence-electron chi connectivity index (χ3n) is 2.61. The summed E-state index contributed by atoms with van der Waals surface area (Å²) in [6.07, 6.45) is 0.881. The second-order valence-electron chi connectivity index (χ2n) is 3.67. The van der Waals surface area contributed by atoms with Gasteiger partial charge in [0.15, 0.2) is 0 Å². The highest BCUT2D eigenvalue weighted by atomic mass is 16.3. The molecule has 0 radical (unpaired) electrons. The first kappa shape index (κ1) is 12.8. The van der Waals surface area contributed by atoms with Crippen molar-refractivity contribution in [2.75, 3.05) is 36.9 Å². The van der Waals surface area contributed by atoms with Crippen LogP contribution in [0.5, 0.6) is 0 Å². The van der Waals surface area contributed by atoms with E-state index in [1.165, 1.54) is 0 Å². The predicted octanol–water partition coefficient (Wildman–Crippen LogP) is 0.622. The lowest BCUT2D eigenvalue weighted by atomic mass is 10.1. The van der Waals surface area contributed by atoms with E-state index in [9.17, 15) is 0 Å². The van der Waals surface area contributed by atoms with Crippen LogP contribution in [-0.4, -0.2) is 36.5 Å². The van der Waals surface area contributed by atoms with E-state index in [1.54, 1.807) is 0 Å². The van der Waals surface area contributed by atoms with E-state index in [0.717, 1.165) is 23.4 Å². The number of nitrogen functional groups attached to an aromatic ring is 1. The lowest BCUT2D eigenvalue weighted by molar-refractivity contribution is 0.281. The summed E-state index contributed by atoms with van der Waals surface area (Å²) in [5, 5.41) is 17.9. The van der Waals surface area contributed by atoms with Crippen LogP contribution in [0, 0.1) is 0 Å². The van der Waals surface area contributed by atoms with Crippen molar-refractivity contribution in [2.45, 2.75) is 13.3 Å². The summed E-state index contributed by atoms with van der Waals surface area (Å²) >= 11 is 0. The maximum Gasteiger partial charge on any atom is 0.0606 e. The van der Waals surface area contributed by atoms with Gasteiger partial charge in [-0.25, -0.2) is 0 Å². The van der Waals surface area contributed by atoms with Crippen molar-refractivity contribution in [3.05, 3.63) is 23.8 Å². The maximum absolute atomic E-state index is 8.96. The Morgan fingerprint density at radius 1 is 1.19 bits per heavy atom. The van der Waals surface area contributed by atoms with E-state index in [0.29, 0.717) is 13.1 Å². The van der Waals surface area contributed by atoms with Gasteiger partial charge in [-0.2, -0.15) is 0 Å². The molecule has 1 aromatic carbocycles. The summed E-state index contributed by atoms with van der Waals surface area (Å²) < 4.78 is 0. The molecule has 4 nitrogen and oxygen atoms in total. The Bertz CT molecular complexity index is 323. The van der Waals surface area contributed by atoms with Gasteiger partial charge in [-0.15, -0.1) is 0 Å². The van der Waals surface area contributed by atoms with Gasteiger partial charge in [0.2, 0.25) is 0 Å². The second kappa shape index (κ2) is 6.35. The molecule has 90 valence electrons. The van der Waals surface area contributed by atoms with Crippen LogP contribution in [0.25, 0.3) is 0 Å². The monoisotopic (exact) mass is 224 g/mol. The third kappa shape index (κ3) is 3.12. The SMILES string of the molecule is CCc1cc(N(CCO)CCO)ccc1N. The molecule has 0 fully saturated rings. The fourth-order valence-electron chi connectivity index (χ4n) is 1.71. The van der Waals surface area contributed by atoms with Gasteiger partial charge < -0.3 is 20.8 Å². The van der Waals surface area contributed by atoms with Gasteiger partial charge in [0.25, 0.3) is 0 Å². The molecule has 0 aliphatic carbocycles. The summed E-state index contributed by atoms with van der Waals surface area (Å²) in [7, 11) is 0. The predicted molar refractivity (Wildman–Crippen MR) is 66.6 cm³/mol. The van der Waals surface area contributed by atoms with Gasteiger partial charge in [0.05, 0.1) is 13.2 Å². The van der Waals surface area contributed by atoms with E-state index in [2.05, 4.69) is 6.92 Å². The first-order valence-electron chi connectivity index (χ1n) is 5.58. The number of aliphatic hydroxyl groups is 2. The van der Waals surface area contributed by atoms with Crippen LogP contribution < -0.4 is 10.6 Å². The molecule has 0 aromatic heterocycles. The van der Waals surface area contributed by atoms with Crippen LogP contribution in [0.3, 0.4) is 0 Å². The molecule has 0 atom stereocenters. The largest absolute Gasteiger partial charge is 0.399 e. The van der Waals surface area contributed by atoms with Crippen LogP contribution in [0.1, 0.15) is 12.5 Å². The Hall–Kier alpha value is -1.26. The van der Waals surface area contributed by atoms with E-state index in [1.807, 2.05) is 23.1 Å². The summed E-state index contributed by atoms with van der Waals surface area (Å²) in [6.45, 7) is 3.25. The lowest BCUT2D eigenvalue weighted by Gasteiger charge is -2.23. The van der Waals surface area contributed by atoms with Crippen LogP contribution in [0.2, 0.25) is 0 Å². The van der Waals surface area contributed by atoms with Crippen molar-refractivity contribution in [3.63, 3.8) is 0 Å². The Labute approximate surface area is 96.3 Å². The highest BCUT2D eigenvalue weighted by molar-refractivity contribution is 5.58. The Balaban J connectivity index is 2.90. The van der Waals surface area contributed by atoms with Crippen LogP contribution in [0.4, 0.5) is 11.4 Å². The first-order chi connectivity index (χ1) is 7.72. The molecule has 0 unspecified atom stereocenters. The third-order valence-corrected chi connectivity index (χ3v) is 2.61. The molecule has 4 N–H and O–H groups in total. The Morgan fingerprint density at radius 2 is 1.81 bits per heavy atom. The molecular weight excluding hydrogens is 204 g/mol. The van der Waals surface area contributed by atoms with E-state index in [4.69, 9.17) is 15.9 Å². The zero-order chi connectivity index (χ0) is 12.0. The molecule has 0 heterocycles. The zero-order valence-corrected chi connectivity index (χ0v) is 9.69. The average Bonchev–Trinajstić information content (AvgIpc) is 2.29. The number of aliphatic hydroxyl groups excluding tert-OH is 2. The maximum atomic E-state index is 8.96. The van der Waals surface area contributed by atoms with E-state index in [-0.39, 0.29) is 13.2 Å². The fourth-order valence-corrected chi connectivity index (χ4v) is 1.71. The normalized spacial score (nSPS) is 10.4. The highest BCUT2D eigenvalue weighted by Gasteiger charge is 2.07. The summed E-state index contributed by atoms with van der Waals surface area (Å²) in [4.78, 5) is 1.94. The smallest absolute Gasteiger partial charge is 0.0606 e. The molecular formula is C12H20N2O2. The summed E-state index contributed by atoms with van der Waals surface area (Å²) in [6, 6.07) is 5.80. The molecule has 0 aliphatic heterocycles. The van der Waals surface area contributed by atoms with Crippen LogP contribution >= 0.6 is 0 Å². The molecule has 0 saturated heterocycles. The Kier molecular flexibility index (Phi) is 5.08. The standard InChI is InChI=1S/C12H20N2O2/c1-2-10-9-11(3-4-12(10)13)14(5-7-15)6-8-16/h3-4,9,15-16H,2,5-8,13H2,1H3. The van der Waals surface area contributed by atoms with Gasteiger partial charge in [0, 0.05) is 24.5 Å². The quantitative estimate of drug-likeness (QED) is 0.620. The van der Waals surface area contributed by atoms with Gasteiger partial charge in [0.1, 0.15) is 0 Å². The molecule has 0 saturated carbocycles. The number of aryl methyl sites for hydroxylation is 1. The van der Waals surface area contributed by atoms with E-state index >= 15 is 0 Å². The number of rotatable bonds is 6. The number of benzene rings is 1. The van der Waals surface area contributed by atoms with Crippen molar-refractivity contribution >= 4 is 11.4 Å². The van der Waals surface area contributed by atoms with Crippen molar-refractivity contribution in [1.82, 2.24) is 0 Å². The zero-order valence-electron chi connectivity index (χ0n) is 9.69. The minimum atomic E-state index is 0.0752. The number of anilines is 2. The van der Waals surface area contributed by atoms with Crippen LogP contribution in [-0.2, 0) is 6.42 Å². The molecule has 0 aliphatic rings. The molecule has 0 amide bonds.